The largest absolute Gasteiger partial charge is 0.461 e. The number of furan rings is 1. The SMILES string of the molecule is Cc1c(CC2CCCNC2)oc2ccccc12. The molecule has 1 saturated heterocycles. The Morgan fingerprint density at radius 3 is 3.00 bits per heavy atom. The second kappa shape index (κ2) is 4.53. The zero-order valence-electron chi connectivity index (χ0n) is 10.3. The van der Waals surface area contributed by atoms with Crippen molar-refractivity contribution in [2.45, 2.75) is 26.2 Å². The molecule has 1 aromatic heterocycles. The van der Waals surface area contributed by atoms with Gasteiger partial charge in [-0.2, -0.15) is 0 Å². The molecule has 1 aromatic carbocycles. The Kier molecular flexibility index (Phi) is 2.89. The molecular weight excluding hydrogens is 210 g/mol. The van der Waals surface area contributed by atoms with E-state index in [1.807, 2.05) is 6.07 Å². The van der Waals surface area contributed by atoms with Gasteiger partial charge in [-0.25, -0.2) is 0 Å². The lowest BCUT2D eigenvalue weighted by Gasteiger charge is -2.21. The second-order valence-electron chi connectivity index (χ2n) is 5.06. The van der Waals surface area contributed by atoms with Crippen LogP contribution in [0.2, 0.25) is 0 Å². The van der Waals surface area contributed by atoms with Gasteiger partial charge in [0.25, 0.3) is 0 Å². The standard InChI is InChI=1S/C15H19NO/c1-11-13-6-2-3-7-14(13)17-15(11)9-12-5-4-8-16-10-12/h2-3,6-7,12,16H,4-5,8-10H2,1H3. The fourth-order valence-electron chi connectivity index (χ4n) is 2.78. The molecule has 3 rings (SSSR count). The minimum atomic E-state index is 0.739. The summed E-state index contributed by atoms with van der Waals surface area (Å²) in [6.07, 6.45) is 3.70. The number of para-hydroxylation sites is 1. The van der Waals surface area contributed by atoms with Gasteiger partial charge >= 0.3 is 0 Å². The van der Waals surface area contributed by atoms with E-state index in [2.05, 4.69) is 30.4 Å². The van der Waals surface area contributed by atoms with Crippen LogP contribution in [0.15, 0.2) is 28.7 Å². The third-order valence-corrected chi connectivity index (χ3v) is 3.82. The molecule has 2 heteroatoms. The van der Waals surface area contributed by atoms with Crippen LogP contribution >= 0.6 is 0 Å². The zero-order chi connectivity index (χ0) is 11.7. The highest BCUT2D eigenvalue weighted by Gasteiger charge is 2.18. The Labute approximate surface area is 102 Å². The molecule has 17 heavy (non-hydrogen) atoms. The third kappa shape index (κ3) is 2.09. The van der Waals surface area contributed by atoms with Crippen LogP contribution in [0.25, 0.3) is 11.0 Å². The number of piperidine rings is 1. The van der Waals surface area contributed by atoms with Crippen molar-refractivity contribution in [2.75, 3.05) is 13.1 Å². The van der Waals surface area contributed by atoms with E-state index < -0.39 is 0 Å². The van der Waals surface area contributed by atoms with Gasteiger partial charge in [0.1, 0.15) is 11.3 Å². The van der Waals surface area contributed by atoms with Crippen molar-refractivity contribution >= 4 is 11.0 Å². The quantitative estimate of drug-likeness (QED) is 0.855. The van der Waals surface area contributed by atoms with E-state index in [-0.39, 0.29) is 0 Å². The van der Waals surface area contributed by atoms with Crippen LogP contribution < -0.4 is 5.32 Å². The number of hydrogen-bond donors (Lipinski definition) is 1. The summed E-state index contributed by atoms with van der Waals surface area (Å²) in [4.78, 5) is 0. The molecule has 1 aliphatic heterocycles. The predicted molar refractivity (Wildman–Crippen MR) is 70.2 cm³/mol. The molecule has 90 valence electrons. The Morgan fingerprint density at radius 2 is 2.24 bits per heavy atom. The van der Waals surface area contributed by atoms with Crippen LogP contribution in [-0.4, -0.2) is 13.1 Å². The van der Waals surface area contributed by atoms with E-state index in [0.29, 0.717) is 0 Å². The van der Waals surface area contributed by atoms with Crippen LogP contribution in [0.4, 0.5) is 0 Å². The highest BCUT2D eigenvalue weighted by atomic mass is 16.3. The van der Waals surface area contributed by atoms with Gasteiger partial charge in [-0.3, -0.25) is 0 Å². The van der Waals surface area contributed by atoms with Gasteiger partial charge in [0.15, 0.2) is 0 Å². The van der Waals surface area contributed by atoms with E-state index in [1.165, 1.54) is 36.1 Å². The first-order valence-corrected chi connectivity index (χ1v) is 6.52. The van der Waals surface area contributed by atoms with Gasteiger partial charge in [-0.1, -0.05) is 18.2 Å². The smallest absolute Gasteiger partial charge is 0.134 e. The van der Waals surface area contributed by atoms with Crippen molar-refractivity contribution in [3.05, 3.63) is 35.6 Å². The van der Waals surface area contributed by atoms with Gasteiger partial charge in [0.05, 0.1) is 0 Å². The lowest BCUT2D eigenvalue weighted by molar-refractivity contribution is 0.354. The van der Waals surface area contributed by atoms with Crippen LogP contribution in [-0.2, 0) is 6.42 Å². The molecule has 0 saturated carbocycles. The Bertz CT molecular complexity index is 509. The van der Waals surface area contributed by atoms with Crippen molar-refractivity contribution in [3.63, 3.8) is 0 Å². The molecule has 2 nitrogen and oxygen atoms in total. The minimum Gasteiger partial charge on any atom is -0.461 e. The van der Waals surface area contributed by atoms with E-state index in [1.54, 1.807) is 0 Å². The normalized spacial score (nSPS) is 20.9. The summed E-state index contributed by atoms with van der Waals surface area (Å²) < 4.78 is 5.97. The predicted octanol–water partition coefficient (Wildman–Crippen LogP) is 3.28. The summed E-state index contributed by atoms with van der Waals surface area (Å²) in [5, 5.41) is 4.74. The summed E-state index contributed by atoms with van der Waals surface area (Å²) in [7, 11) is 0. The summed E-state index contributed by atoms with van der Waals surface area (Å²) in [6.45, 7) is 4.49. The van der Waals surface area contributed by atoms with Gasteiger partial charge in [-0.15, -0.1) is 0 Å². The van der Waals surface area contributed by atoms with Crippen molar-refractivity contribution in [1.82, 2.24) is 5.32 Å². The molecule has 0 bridgehead atoms. The summed E-state index contributed by atoms with van der Waals surface area (Å²) >= 11 is 0. The topological polar surface area (TPSA) is 25.2 Å². The lowest BCUT2D eigenvalue weighted by atomic mass is 9.94. The lowest BCUT2D eigenvalue weighted by Crippen LogP contribution is -2.30. The van der Waals surface area contributed by atoms with Crippen molar-refractivity contribution < 1.29 is 4.42 Å². The van der Waals surface area contributed by atoms with Gasteiger partial charge in [0, 0.05) is 11.8 Å². The number of fused-ring (bicyclic) bond motifs is 1. The monoisotopic (exact) mass is 229 g/mol. The summed E-state index contributed by atoms with van der Waals surface area (Å²) in [5.41, 5.74) is 2.36. The highest BCUT2D eigenvalue weighted by molar-refractivity contribution is 5.81. The average Bonchev–Trinajstić information content (AvgIpc) is 2.68. The van der Waals surface area contributed by atoms with E-state index >= 15 is 0 Å². The molecule has 0 spiro atoms. The fraction of sp³-hybridized carbons (Fsp3) is 0.467. The minimum absolute atomic E-state index is 0.739. The number of hydrogen-bond acceptors (Lipinski definition) is 2. The van der Waals surface area contributed by atoms with Crippen LogP contribution in [0, 0.1) is 12.8 Å². The van der Waals surface area contributed by atoms with Gasteiger partial charge < -0.3 is 9.73 Å². The summed E-state index contributed by atoms with van der Waals surface area (Å²) in [6, 6.07) is 8.33. The first kappa shape index (κ1) is 10.8. The Balaban J connectivity index is 1.87. The zero-order valence-corrected chi connectivity index (χ0v) is 10.3. The molecule has 0 aliphatic carbocycles. The fourth-order valence-corrected chi connectivity index (χ4v) is 2.78. The Hall–Kier alpha value is -1.28. The number of rotatable bonds is 2. The van der Waals surface area contributed by atoms with E-state index in [4.69, 9.17) is 4.42 Å². The first-order valence-electron chi connectivity index (χ1n) is 6.52. The van der Waals surface area contributed by atoms with E-state index in [0.717, 1.165) is 24.5 Å². The third-order valence-electron chi connectivity index (χ3n) is 3.82. The van der Waals surface area contributed by atoms with Crippen LogP contribution in [0.5, 0.6) is 0 Å². The number of benzene rings is 1. The van der Waals surface area contributed by atoms with Crippen molar-refractivity contribution in [2.24, 2.45) is 5.92 Å². The van der Waals surface area contributed by atoms with Crippen LogP contribution in [0.1, 0.15) is 24.2 Å². The molecule has 1 atom stereocenters. The second-order valence-corrected chi connectivity index (χ2v) is 5.06. The molecule has 1 fully saturated rings. The van der Waals surface area contributed by atoms with Crippen LogP contribution in [0.3, 0.4) is 0 Å². The summed E-state index contributed by atoms with van der Waals surface area (Å²) in [5.74, 6) is 1.92. The maximum Gasteiger partial charge on any atom is 0.134 e. The maximum absolute atomic E-state index is 5.97. The van der Waals surface area contributed by atoms with Crippen molar-refractivity contribution in [1.29, 1.82) is 0 Å². The maximum atomic E-state index is 5.97. The van der Waals surface area contributed by atoms with Crippen molar-refractivity contribution in [3.8, 4) is 0 Å². The molecule has 2 heterocycles. The first-order chi connectivity index (χ1) is 8.34. The van der Waals surface area contributed by atoms with Gasteiger partial charge in [0.2, 0.25) is 0 Å². The number of aryl methyl sites for hydroxylation is 1. The average molecular weight is 229 g/mol. The number of nitrogens with one attached hydrogen (secondary N) is 1. The molecule has 1 aliphatic rings. The molecule has 0 amide bonds. The van der Waals surface area contributed by atoms with E-state index in [9.17, 15) is 0 Å². The molecule has 1 unspecified atom stereocenters. The molecule has 0 radical (unpaired) electrons. The van der Waals surface area contributed by atoms with Gasteiger partial charge in [-0.05, 0) is 50.4 Å². The Morgan fingerprint density at radius 1 is 1.35 bits per heavy atom. The highest BCUT2D eigenvalue weighted by Crippen LogP contribution is 2.28. The molecular formula is C15H19NO. The molecule has 1 N–H and O–H groups in total. The molecule has 2 aromatic rings.